The number of benzene rings is 1. The molecule has 2 heteroatoms. The molecule has 1 aromatic carbocycles. The van der Waals surface area contributed by atoms with Crippen molar-refractivity contribution < 1.29 is 0 Å². The van der Waals surface area contributed by atoms with Crippen molar-refractivity contribution in [3.05, 3.63) is 29.8 Å². The largest absolute Gasteiger partial charge is 0.382 e. The lowest BCUT2D eigenvalue weighted by molar-refractivity contribution is 0.411. The van der Waals surface area contributed by atoms with Crippen LogP contribution in [0.3, 0.4) is 0 Å². The van der Waals surface area contributed by atoms with E-state index >= 15 is 0 Å². The van der Waals surface area contributed by atoms with E-state index in [1.165, 1.54) is 43.4 Å². The Hall–Kier alpha value is -1.02. The van der Waals surface area contributed by atoms with Crippen molar-refractivity contribution in [3.63, 3.8) is 0 Å². The van der Waals surface area contributed by atoms with Crippen LogP contribution in [0, 0.1) is 0 Å². The predicted molar refractivity (Wildman–Crippen MR) is 78.9 cm³/mol. The van der Waals surface area contributed by atoms with Gasteiger partial charge in [-0.15, -0.1) is 0 Å². The summed E-state index contributed by atoms with van der Waals surface area (Å²) in [4.78, 5) is 0. The SMILES string of the molecule is CCCCc1ccc(NC2CCC(N)CC2)cc1. The van der Waals surface area contributed by atoms with E-state index in [1.807, 2.05) is 0 Å². The Morgan fingerprint density at radius 2 is 1.78 bits per heavy atom. The van der Waals surface area contributed by atoms with Gasteiger partial charge in [0.1, 0.15) is 0 Å². The maximum Gasteiger partial charge on any atom is 0.0342 e. The zero-order chi connectivity index (χ0) is 12.8. The second-order valence-electron chi connectivity index (χ2n) is 5.56. The van der Waals surface area contributed by atoms with Crippen LogP contribution in [-0.4, -0.2) is 12.1 Å². The van der Waals surface area contributed by atoms with Crippen LogP contribution in [-0.2, 0) is 6.42 Å². The van der Waals surface area contributed by atoms with E-state index in [9.17, 15) is 0 Å². The van der Waals surface area contributed by atoms with Crippen LogP contribution in [0.5, 0.6) is 0 Å². The van der Waals surface area contributed by atoms with Crippen LogP contribution >= 0.6 is 0 Å². The third-order valence-electron chi connectivity index (χ3n) is 3.92. The lowest BCUT2D eigenvalue weighted by atomic mass is 9.91. The van der Waals surface area contributed by atoms with Crippen LogP contribution in [0.1, 0.15) is 51.0 Å². The molecule has 1 aliphatic carbocycles. The summed E-state index contributed by atoms with van der Waals surface area (Å²) in [5.74, 6) is 0. The van der Waals surface area contributed by atoms with Crippen molar-refractivity contribution in [1.82, 2.24) is 0 Å². The number of unbranched alkanes of at least 4 members (excludes halogenated alkanes) is 1. The lowest BCUT2D eigenvalue weighted by Gasteiger charge is -2.27. The standard InChI is InChI=1S/C16H26N2/c1-2-3-4-13-5-9-15(10-6-13)18-16-11-7-14(17)8-12-16/h5-6,9-10,14,16,18H,2-4,7-8,11-12,17H2,1H3. The average molecular weight is 246 g/mol. The molecule has 0 unspecified atom stereocenters. The van der Waals surface area contributed by atoms with E-state index < -0.39 is 0 Å². The van der Waals surface area contributed by atoms with Crippen LogP contribution in [0.4, 0.5) is 5.69 Å². The molecule has 1 fully saturated rings. The topological polar surface area (TPSA) is 38.0 Å². The molecule has 0 saturated heterocycles. The first-order chi connectivity index (χ1) is 8.78. The highest BCUT2D eigenvalue weighted by Crippen LogP contribution is 2.21. The fourth-order valence-corrected chi connectivity index (χ4v) is 2.65. The molecule has 0 bridgehead atoms. The highest BCUT2D eigenvalue weighted by Gasteiger charge is 2.17. The Balaban J connectivity index is 1.82. The van der Waals surface area contributed by atoms with Crippen molar-refractivity contribution in [2.75, 3.05) is 5.32 Å². The van der Waals surface area contributed by atoms with E-state index in [0.717, 1.165) is 12.8 Å². The Bertz CT molecular complexity index is 337. The van der Waals surface area contributed by atoms with Gasteiger partial charge in [0.2, 0.25) is 0 Å². The Morgan fingerprint density at radius 1 is 1.11 bits per heavy atom. The maximum absolute atomic E-state index is 5.93. The Morgan fingerprint density at radius 3 is 2.39 bits per heavy atom. The summed E-state index contributed by atoms with van der Waals surface area (Å²) >= 11 is 0. The monoisotopic (exact) mass is 246 g/mol. The zero-order valence-electron chi connectivity index (χ0n) is 11.5. The molecule has 0 radical (unpaired) electrons. The van der Waals surface area contributed by atoms with Crippen molar-refractivity contribution in [2.45, 2.75) is 64.0 Å². The summed E-state index contributed by atoms with van der Waals surface area (Å²) in [6.45, 7) is 2.24. The first kappa shape index (κ1) is 13.4. The summed E-state index contributed by atoms with van der Waals surface area (Å²) in [5, 5.41) is 3.63. The van der Waals surface area contributed by atoms with Crippen molar-refractivity contribution in [3.8, 4) is 0 Å². The molecule has 18 heavy (non-hydrogen) atoms. The number of rotatable bonds is 5. The molecule has 2 nitrogen and oxygen atoms in total. The average Bonchev–Trinajstić information content (AvgIpc) is 2.41. The molecule has 2 rings (SSSR count). The smallest absolute Gasteiger partial charge is 0.0342 e. The first-order valence-electron chi connectivity index (χ1n) is 7.39. The van der Waals surface area contributed by atoms with Gasteiger partial charge < -0.3 is 11.1 Å². The number of aryl methyl sites for hydroxylation is 1. The van der Waals surface area contributed by atoms with Crippen LogP contribution in [0.2, 0.25) is 0 Å². The van der Waals surface area contributed by atoms with Gasteiger partial charge in [-0.3, -0.25) is 0 Å². The second-order valence-corrected chi connectivity index (χ2v) is 5.56. The summed E-state index contributed by atoms with van der Waals surface area (Å²) in [6, 6.07) is 10.0. The molecule has 1 aliphatic rings. The predicted octanol–water partition coefficient (Wildman–Crippen LogP) is 3.71. The molecule has 1 aromatic rings. The molecule has 0 aromatic heterocycles. The van der Waals surface area contributed by atoms with Crippen LogP contribution in [0.15, 0.2) is 24.3 Å². The molecule has 0 aliphatic heterocycles. The normalized spacial score (nSPS) is 23.9. The van der Waals surface area contributed by atoms with Gasteiger partial charge in [0, 0.05) is 17.8 Å². The number of hydrogen-bond donors (Lipinski definition) is 2. The first-order valence-corrected chi connectivity index (χ1v) is 7.39. The number of hydrogen-bond acceptors (Lipinski definition) is 2. The lowest BCUT2D eigenvalue weighted by Crippen LogP contribution is -2.32. The van der Waals surface area contributed by atoms with Gasteiger partial charge >= 0.3 is 0 Å². The van der Waals surface area contributed by atoms with E-state index in [4.69, 9.17) is 5.73 Å². The molecular weight excluding hydrogens is 220 g/mol. The third kappa shape index (κ3) is 4.02. The molecule has 1 saturated carbocycles. The summed E-state index contributed by atoms with van der Waals surface area (Å²) in [6.07, 6.45) is 8.49. The highest BCUT2D eigenvalue weighted by molar-refractivity contribution is 5.45. The van der Waals surface area contributed by atoms with Crippen molar-refractivity contribution in [2.24, 2.45) is 5.73 Å². The van der Waals surface area contributed by atoms with Gasteiger partial charge in [0.15, 0.2) is 0 Å². The van der Waals surface area contributed by atoms with Gasteiger partial charge in [-0.1, -0.05) is 25.5 Å². The van der Waals surface area contributed by atoms with Gasteiger partial charge in [0.25, 0.3) is 0 Å². The Labute approximate surface area is 111 Å². The van der Waals surface area contributed by atoms with Crippen molar-refractivity contribution >= 4 is 5.69 Å². The van der Waals surface area contributed by atoms with Gasteiger partial charge in [-0.2, -0.15) is 0 Å². The summed E-state index contributed by atoms with van der Waals surface area (Å²) in [7, 11) is 0. The quantitative estimate of drug-likeness (QED) is 0.831. The fourth-order valence-electron chi connectivity index (χ4n) is 2.65. The minimum atomic E-state index is 0.430. The molecule has 0 spiro atoms. The molecule has 100 valence electrons. The Kier molecular flexibility index (Phi) is 5.06. The van der Waals surface area contributed by atoms with E-state index in [-0.39, 0.29) is 0 Å². The summed E-state index contributed by atoms with van der Waals surface area (Å²) in [5.41, 5.74) is 8.64. The van der Waals surface area contributed by atoms with Gasteiger partial charge in [-0.05, 0) is 56.2 Å². The fraction of sp³-hybridized carbons (Fsp3) is 0.625. The van der Waals surface area contributed by atoms with Gasteiger partial charge in [-0.25, -0.2) is 0 Å². The minimum absolute atomic E-state index is 0.430. The second kappa shape index (κ2) is 6.79. The maximum atomic E-state index is 5.93. The molecule has 3 N–H and O–H groups in total. The minimum Gasteiger partial charge on any atom is -0.382 e. The van der Waals surface area contributed by atoms with E-state index in [2.05, 4.69) is 36.5 Å². The number of anilines is 1. The highest BCUT2D eigenvalue weighted by atomic mass is 14.9. The molecular formula is C16H26N2. The number of nitrogens with two attached hydrogens (primary N) is 1. The van der Waals surface area contributed by atoms with Crippen LogP contribution in [0.25, 0.3) is 0 Å². The molecule has 0 amide bonds. The number of nitrogens with one attached hydrogen (secondary N) is 1. The van der Waals surface area contributed by atoms with Crippen molar-refractivity contribution in [1.29, 1.82) is 0 Å². The third-order valence-corrected chi connectivity index (χ3v) is 3.92. The van der Waals surface area contributed by atoms with E-state index in [0.29, 0.717) is 12.1 Å². The van der Waals surface area contributed by atoms with Crippen LogP contribution < -0.4 is 11.1 Å². The van der Waals surface area contributed by atoms with Gasteiger partial charge in [0.05, 0.1) is 0 Å². The summed E-state index contributed by atoms with van der Waals surface area (Å²) < 4.78 is 0. The molecule has 0 atom stereocenters. The molecule has 0 heterocycles. The zero-order valence-corrected chi connectivity index (χ0v) is 11.5. The van der Waals surface area contributed by atoms with E-state index in [1.54, 1.807) is 0 Å².